The van der Waals surface area contributed by atoms with Crippen molar-refractivity contribution in [1.82, 2.24) is 15.1 Å². The molecule has 1 unspecified atom stereocenters. The molecule has 0 aromatic rings. The van der Waals surface area contributed by atoms with E-state index in [9.17, 15) is 14.4 Å². The Morgan fingerprint density at radius 1 is 1.28 bits per heavy atom. The maximum absolute atomic E-state index is 12.7. The SMILES string of the molecule is C/C=C\CCCCC.CN1C(=O)N(C(=O)N[C@H](C(N)=O)C(C)(C)C)/C2=C/C/C=C\C=CC21. The minimum Gasteiger partial charge on any atom is -0.368 e. The summed E-state index contributed by atoms with van der Waals surface area (Å²) < 4.78 is 0. The molecule has 2 rings (SSSR count). The Morgan fingerprint density at radius 2 is 1.97 bits per heavy atom. The van der Waals surface area contributed by atoms with Crippen LogP contribution < -0.4 is 11.1 Å². The number of carbonyl (C=O) groups excluding carboxylic acids is 3. The Balaban J connectivity index is 0.000000547. The van der Waals surface area contributed by atoms with Crippen LogP contribution in [0.25, 0.3) is 0 Å². The molecule has 0 radical (unpaired) electrons. The number of nitrogens with one attached hydrogen (secondary N) is 1. The highest BCUT2D eigenvalue weighted by atomic mass is 16.2. The quantitative estimate of drug-likeness (QED) is 0.452. The summed E-state index contributed by atoms with van der Waals surface area (Å²) in [6.07, 6.45) is 19.7. The van der Waals surface area contributed by atoms with Crippen molar-refractivity contribution < 1.29 is 14.4 Å². The first-order valence-electron chi connectivity index (χ1n) is 11.4. The Hall–Kier alpha value is -2.83. The van der Waals surface area contributed by atoms with Crippen LogP contribution in [-0.4, -0.2) is 46.9 Å². The molecule has 2 atom stereocenters. The lowest BCUT2D eigenvalue weighted by Gasteiger charge is -2.30. The summed E-state index contributed by atoms with van der Waals surface area (Å²) in [6.45, 7) is 9.70. The van der Waals surface area contributed by atoms with Gasteiger partial charge in [-0.1, -0.05) is 83.1 Å². The molecular weight excluding hydrogens is 404 g/mol. The van der Waals surface area contributed by atoms with Gasteiger partial charge >= 0.3 is 12.1 Å². The second-order valence-electron chi connectivity index (χ2n) is 9.07. The Bertz CT molecular complexity index is 775. The van der Waals surface area contributed by atoms with Crippen molar-refractivity contribution in [1.29, 1.82) is 0 Å². The van der Waals surface area contributed by atoms with Crippen LogP contribution in [0.5, 0.6) is 0 Å². The standard InChI is InChI=1S/C17H24N4O3.C8H16/c1-17(2,3)13(14(18)22)19-15(23)21-12-10-8-6-5-7-9-11(12)20(4)16(21)24;1-3-5-7-8-6-4-2/h5-7,9-11,13H,8H2,1-4H3,(H2,18,22)(H,19,23);3,5H,4,6-8H2,1-2H3/b6-5-,9-7?,12-10+;5-3-/t11?,13-;/m1./s1. The van der Waals surface area contributed by atoms with E-state index in [1.165, 1.54) is 30.6 Å². The normalized spacial score (nSPS) is 21.6. The zero-order valence-corrected chi connectivity index (χ0v) is 20.4. The summed E-state index contributed by atoms with van der Waals surface area (Å²) in [6, 6.07) is -2.27. The molecule has 5 amide bonds. The number of urea groups is 2. The van der Waals surface area contributed by atoms with Gasteiger partial charge in [0.2, 0.25) is 5.91 Å². The number of nitrogens with two attached hydrogens (primary N) is 1. The molecule has 1 fully saturated rings. The molecule has 3 N–H and O–H groups in total. The van der Waals surface area contributed by atoms with Crippen LogP contribution in [0.4, 0.5) is 9.59 Å². The van der Waals surface area contributed by atoms with Crippen LogP contribution in [-0.2, 0) is 4.79 Å². The van der Waals surface area contributed by atoms with Crippen molar-refractivity contribution in [2.75, 3.05) is 7.05 Å². The van der Waals surface area contributed by atoms with Crippen LogP contribution in [0, 0.1) is 5.41 Å². The molecule has 178 valence electrons. The van der Waals surface area contributed by atoms with Crippen LogP contribution in [0.2, 0.25) is 0 Å². The fourth-order valence-corrected chi connectivity index (χ4v) is 3.46. The highest BCUT2D eigenvalue weighted by Crippen LogP contribution is 2.28. The lowest BCUT2D eigenvalue weighted by molar-refractivity contribution is -0.122. The maximum atomic E-state index is 12.7. The second-order valence-corrected chi connectivity index (χ2v) is 9.07. The molecule has 0 saturated carbocycles. The lowest BCUT2D eigenvalue weighted by atomic mass is 9.86. The molecule has 0 bridgehead atoms. The van der Waals surface area contributed by atoms with Gasteiger partial charge in [-0.15, -0.1) is 0 Å². The number of imide groups is 1. The van der Waals surface area contributed by atoms with Gasteiger partial charge in [0.15, 0.2) is 0 Å². The van der Waals surface area contributed by atoms with Gasteiger partial charge in [0.05, 0.1) is 11.7 Å². The minimum absolute atomic E-state index is 0.310. The number of amides is 5. The van der Waals surface area contributed by atoms with Crippen molar-refractivity contribution in [2.24, 2.45) is 11.1 Å². The first-order valence-corrected chi connectivity index (χ1v) is 11.4. The van der Waals surface area contributed by atoms with Gasteiger partial charge in [-0.05, 0) is 31.6 Å². The van der Waals surface area contributed by atoms with E-state index < -0.39 is 29.4 Å². The third-order valence-corrected chi connectivity index (χ3v) is 5.31. The van der Waals surface area contributed by atoms with Gasteiger partial charge < -0.3 is 16.0 Å². The van der Waals surface area contributed by atoms with E-state index in [1.807, 2.05) is 30.4 Å². The van der Waals surface area contributed by atoms with Gasteiger partial charge in [-0.2, -0.15) is 0 Å². The van der Waals surface area contributed by atoms with E-state index in [-0.39, 0.29) is 6.04 Å². The number of unbranched alkanes of at least 4 members (excludes halogenated alkanes) is 3. The molecule has 7 heteroatoms. The second kappa shape index (κ2) is 12.9. The average molecular weight is 445 g/mol. The van der Waals surface area contributed by atoms with Crippen molar-refractivity contribution in [3.05, 3.63) is 48.2 Å². The lowest BCUT2D eigenvalue weighted by Crippen LogP contribution is -2.55. The monoisotopic (exact) mass is 444 g/mol. The number of likely N-dealkylation sites (N-methyl/N-ethyl adjacent to an activating group) is 1. The zero-order valence-electron chi connectivity index (χ0n) is 20.4. The van der Waals surface area contributed by atoms with E-state index in [0.29, 0.717) is 12.1 Å². The highest BCUT2D eigenvalue weighted by molar-refractivity contribution is 6.00. The van der Waals surface area contributed by atoms with Crippen LogP contribution in [0.1, 0.15) is 66.7 Å². The molecule has 0 aromatic carbocycles. The van der Waals surface area contributed by atoms with Crippen LogP contribution >= 0.6 is 0 Å². The van der Waals surface area contributed by atoms with Gasteiger partial charge in [0, 0.05) is 7.05 Å². The summed E-state index contributed by atoms with van der Waals surface area (Å²) >= 11 is 0. The van der Waals surface area contributed by atoms with Crippen molar-refractivity contribution >= 4 is 18.0 Å². The molecule has 0 spiro atoms. The number of primary amides is 1. The molecule has 1 aliphatic carbocycles. The first kappa shape index (κ1) is 27.2. The molecule has 1 aliphatic heterocycles. The third kappa shape index (κ3) is 7.70. The highest BCUT2D eigenvalue weighted by Gasteiger charge is 2.43. The minimum atomic E-state index is -0.883. The van der Waals surface area contributed by atoms with E-state index >= 15 is 0 Å². The molecule has 1 saturated heterocycles. The smallest absolute Gasteiger partial charge is 0.333 e. The Labute approximate surface area is 193 Å². The Morgan fingerprint density at radius 3 is 2.53 bits per heavy atom. The summed E-state index contributed by atoms with van der Waals surface area (Å²) in [4.78, 5) is 39.5. The zero-order chi connectivity index (χ0) is 24.3. The van der Waals surface area contributed by atoms with Gasteiger partial charge in [-0.25, -0.2) is 14.5 Å². The number of hydrogen-bond acceptors (Lipinski definition) is 3. The van der Waals surface area contributed by atoms with Crippen molar-refractivity contribution in [3.8, 4) is 0 Å². The topological polar surface area (TPSA) is 95.7 Å². The van der Waals surface area contributed by atoms with E-state index in [0.717, 1.165) is 4.90 Å². The van der Waals surface area contributed by atoms with Crippen LogP contribution in [0.3, 0.4) is 0 Å². The predicted octanol–water partition coefficient (Wildman–Crippen LogP) is 4.87. The van der Waals surface area contributed by atoms with E-state index in [4.69, 9.17) is 5.73 Å². The number of rotatable bonds is 6. The fourth-order valence-electron chi connectivity index (χ4n) is 3.46. The number of hydrogen-bond donors (Lipinski definition) is 2. The average Bonchev–Trinajstić information content (AvgIpc) is 2.92. The summed E-state index contributed by atoms with van der Waals surface area (Å²) in [5, 5.41) is 2.60. The molecule has 0 aromatic heterocycles. The maximum Gasteiger partial charge on any atom is 0.333 e. The number of allylic oxidation sites excluding steroid dienone is 6. The molecule has 32 heavy (non-hydrogen) atoms. The summed E-state index contributed by atoms with van der Waals surface area (Å²) in [7, 11) is 1.64. The number of carbonyl (C=O) groups is 3. The number of nitrogens with zero attached hydrogens (tertiary/aromatic N) is 2. The first-order chi connectivity index (χ1) is 15.1. The summed E-state index contributed by atoms with van der Waals surface area (Å²) in [5.74, 6) is -0.637. The molecule has 2 aliphatic rings. The van der Waals surface area contributed by atoms with Crippen molar-refractivity contribution in [3.63, 3.8) is 0 Å². The van der Waals surface area contributed by atoms with E-state index in [2.05, 4.69) is 31.3 Å². The molecule has 1 heterocycles. The molecule has 7 nitrogen and oxygen atoms in total. The predicted molar refractivity (Wildman–Crippen MR) is 130 cm³/mol. The Kier molecular flexibility index (Phi) is 11.0. The fraction of sp³-hybridized carbons (Fsp3) is 0.560. The van der Waals surface area contributed by atoms with E-state index in [1.54, 1.807) is 27.8 Å². The van der Waals surface area contributed by atoms with Crippen LogP contribution in [0.15, 0.2) is 48.2 Å². The van der Waals surface area contributed by atoms with Gasteiger partial charge in [-0.3, -0.25) is 4.79 Å². The number of fused-ring (bicyclic) bond motifs is 1. The molecular formula is C25H40N4O3. The third-order valence-electron chi connectivity index (χ3n) is 5.31. The van der Waals surface area contributed by atoms with Crippen molar-refractivity contribution in [2.45, 2.75) is 78.8 Å². The largest absolute Gasteiger partial charge is 0.368 e. The van der Waals surface area contributed by atoms with Gasteiger partial charge in [0.25, 0.3) is 0 Å². The van der Waals surface area contributed by atoms with Gasteiger partial charge in [0.1, 0.15) is 6.04 Å². The summed E-state index contributed by atoms with van der Waals surface area (Å²) in [5.41, 5.74) is 5.43.